The summed E-state index contributed by atoms with van der Waals surface area (Å²) in [6, 6.07) is 7.26. The van der Waals surface area contributed by atoms with Gasteiger partial charge >= 0.3 is 6.18 Å². The molecule has 2 nitrogen and oxygen atoms in total. The van der Waals surface area contributed by atoms with E-state index in [1.54, 1.807) is 12.1 Å². The molecule has 1 atom stereocenters. The van der Waals surface area contributed by atoms with Gasteiger partial charge < -0.3 is 10.4 Å². The van der Waals surface area contributed by atoms with Crippen molar-refractivity contribution in [3.63, 3.8) is 0 Å². The molecule has 0 aromatic heterocycles. The van der Waals surface area contributed by atoms with Crippen LogP contribution in [0.25, 0.3) is 0 Å². The number of alkyl halides is 3. The average molecular weight is 301 g/mol. The summed E-state index contributed by atoms with van der Waals surface area (Å²) in [4.78, 5) is 0. The summed E-state index contributed by atoms with van der Waals surface area (Å²) in [5.74, 6) is -0.913. The zero-order valence-corrected chi connectivity index (χ0v) is 12.2. The maximum Gasteiger partial charge on any atom is 0.391 e. The molecule has 118 valence electrons. The van der Waals surface area contributed by atoms with Crippen molar-refractivity contribution < 1.29 is 18.3 Å². The van der Waals surface area contributed by atoms with E-state index in [0.717, 1.165) is 12.0 Å². The monoisotopic (exact) mass is 301 g/mol. The maximum absolute atomic E-state index is 12.7. The summed E-state index contributed by atoms with van der Waals surface area (Å²) in [5.41, 5.74) is 1.06. The van der Waals surface area contributed by atoms with Gasteiger partial charge in [0.15, 0.2) is 0 Å². The highest BCUT2D eigenvalue weighted by atomic mass is 19.4. The molecule has 21 heavy (non-hydrogen) atoms. The van der Waals surface area contributed by atoms with Gasteiger partial charge in [-0.3, -0.25) is 0 Å². The van der Waals surface area contributed by atoms with E-state index >= 15 is 0 Å². The van der Waals surface area contributed by atoms with Crippen molar-refractivity contribution in [2.24, 2.45) is 5.92 Å². The molecule has 2 N–H and O–H groups in total. The normalized spacial score (nSPS) is 24.8. The Morgan fingerprint density at radius 3 is 2.19 bits per heavy atom. The number of halogens is 3. The molecular formula is C16H22F3NO. The molecule has 1 fully saturated rings. The molecule has 1 aliphatic carbocycles. The van der Waals surface area contributed by atoms with Gasteiger partial charge in [-0.1, -0.05) is 19.1 Å². The molecule has 0 bridgehead atoms. The van der Waals surface area contributed by atoms with E-state index in [-0.39, 0.29) is 30.7 Å². The van der Waals surface area contributed by atoms with Crippen LogP contribution in [0.2, 0.25) is 0 Å². The van der Waals surface area contributed by atoms with Gasteiger partial charge in [-0.15, -0.1) is 0 Å². The van der Waals surface area contributed by atoms with Gasteiger partial charge in [0.25, 0.3) is 0 Å². The lowest BCUT2D eigenvalue weighted by Crippen LogP contribution is -2.38. The largest absolute Gasteiger partial charge is 0.508 e. The molecule has 0 aliphatic heterocycles. The lowest BCUT2D eigenvalue weighted by molar-refractivity contribution is -0.182. The Hall–Kier alpha value is -1.23. The number of aromatic hydroxyl groups is 1. The number of hydrogen-bond acceptors (Lipinski definition) is 2. The Bertz CT molecular complexity index is 436. The van der Waals surface area contributed by atoms with Crippen molar-refractivity contribution in [3.8, 4) is 5.75 Å². The van der Waals surface area contributed by atoms with Gasteiger partial charge in [-0.2, -0.15) is 13.2 Å². The molecule has 1 saturated carbocycles. The molecule has 1 aromatic carbocycles. The van der Waals surface area contributed by atoms with Gasteiger partial charge in [-0.25, -0.2) is 0 Å². The number of nitrogens with one attached hydrogen (secondary N) is 1. The van der Waals surface area contributed by atoms with Crippen LogP contribution in [-0.2, 0) is 0 Å². The van der Waals surface area contributed by atoms with Crippen molar-refractivity contribution in [3.05, 3.63) is 29.8 Å². The van der Waals surface area contributed by atoms with Gasteiger partial charge in [0.1, 0.15) is 5.75 Å². The summed E-state index contributed by atoms with van der Waals surface area (Å²) in [6.45, 7) is 2.05. The fraction of sp³-hybridized carbons (Fsp3) is 0.625. The van der Waals surface area contributed by atoms with Crippen LogP contribution in [0.1, 0.15) is 50.6 Å². The van der Waals surface area contributed by atoms with E-state index in [4.69, 9.17) is 0 Å². The molecule has 5 heteroatoms. The van der Waals surface area contributed by atoms with Crippen LogP contribution in [0, 0.1) is 5.92 Å². The SMILES string of the molecule is CCC(NC1CCC(C(F)(F)F)CC1)c1ccc(O)cc1. The van der Waals surface area contributed by atoms with Gasteiger partial charge in [-0.05, 0) is 49.8 Å². The molecule has 0 heterocycles. The minimum atomic E-state index is -4.05. The maximum atomic E-state index is 12.7. The number of phenols is 1. The molecule has 1 aromatic rings. The van der Waals surface area contributed by atoms with E-state index in [1.807, 2.05) is 19.1 Å². The Morgan fingerprint density at radius 2 is 1.71 bits per heavy atom. The molecular weight excluding hydrogens is 279 g/mol. The van der Waals surface area contributed by atoms with Crippen LogP contribution in [0.4, 0.5) is 13.2 Å². The molecule has 0 spiro atoms. The Labute approximate surface area is 123 Å². The van der Waals surface area contributed by atoms with Crippen molar-refractivity contribution in [1.82, 2.24) is 5.32 Å². The number of benzene rings is 1. The topological polar surface area (TPSA) is 32.3 Å². The summed E-state index contributed by atoms with van der Waals surface area (Å²) < 4.78 is 38.0. The van der Waals surface area contributed by atoms with Gasteiger partial charge in [0.05, 0.1) is 5.92 Å². The third-order valence-electron chi connectivity index (χ3n) is 4.33. The fourth-order valence-electron chi connectivity index (χ4n) is 3.03. The molecule has 1 unspecified atom stereocenters. The quantitative estimate of drug-likeness (QED) is 0.855. The van der Waals surface area contributed by atoms with Crippen LogP contribution in [0.15, 0.2) is 24.3 Å². The van der Waals surface area contributed by atoms with Crippen LogP contribution in [-0.4, -0.2) is 17.3 Å². The Balaban J connectivity index is 1.90. The number of hydrogen-bond donors (Lipinski definition) is 2. The first-order valence-corrected chi connectivity index (χ1v) is 7.51. The molecule has 1 aliphatic rings. The highest BCUT2D eigenvalue weighted by molar-refractivity contribution is 5.28. The molecule has 0 saturated heterocycles. The van der Waals surface area contributed by atoms with Crippen LogP contribution in [0.3, 0.4) is 0 Å². The second kappa shape index (κ2) is 6.69. The third-order valence-corrected chi connectivity index (χ3v) is 4.33. The first-order valence-electron chi connectivity index (χ1n) is 7.51. The van der Waals surface area contributed by atoms with E-state index in [1.165, 1.54) is 0 Å². The van der Waals surface area contributed by atoms with Crippen molar-refractivity contribution in [1.29, 1.82) is 0 Å². The zero-order chi connectivity index (χ0) is 15.5. The Morgan fingerprint density at radius 1 is 1.14 bits per heavy atom. The number of phenolic OH excluding ortho intramolecular Hbond substituents is 1. The van der Waals surface area contributed by atoms with Gasteiger partial charge in [0, 0.05) is 12.1 Å². The van der Waals surface area contributed by atoms with Crippen molar-refractivity contribution >= 4 is 0 Å². The fourth-order valence-corrected chi connectivity index (χ4v) is 3.03. The zero-order valence-electron chi connectivity index (χ0n) is 12.2. The predicted molar refractivity (Wildman–Crippen MR) is 76.1 cm³/mol. The van der Waals surface area contributed by atoms with E-state index in [0.29, 0.717) is 12.8 Å². The first-order chi connectivity index (χ1) is 9.90. The van der Waals surface area contributed by atoms with Crippen LogP contribution in [0.5, 0.6) is 5.75 Å². The van der Waals surface area contributed by atoms with Crippen molar-refractivity contribution in [2.45, 2.75) is 57.3 Å². The lowest BCUT2D eigenvalue weighted by Gasteiger charge is -2.33. The van der Waals surface area contributed by atoms with E-state index in [9.17, 15) is 18.3 Å². The Kier molecular flexibility index (Phi) is 5.14. The first kappa shape index (κ1) is 16.1. The predicted octanol–water partition coefficient (Wildman–Crippen LogP) is 4.55. The second-order valence-corrected chi connectivity index (χ2v) is 5.81. The number of rotatable bonds is 4. The minimum absolute atomic E-state index is 0.123. The summed E-state index contributed by atoms with van der Waals surface area (Å²) >= 11 is 0. The summed E-state index contributed by atoms with van der Waals surface area (Å²) in [5, 5.41) is 12.8. The van der Waals surface area contributed by atoms with E-state index < -0.39 is 12.1 Å². The highest BCUT2D eigenvalue weighted by Gasteiger charge is 2.41. The molecule has 0 amide bonds. The molecule has 2 rings (SSSR count). The minimum Gasteiger partial charge on any atom is -0.508 e. The van der Waals surface area contributed by atoms with Crippen molar-refractivity contribution in [2.75, 3.05) is 0 Å². The third kappa shape index (κ3) is 4.37. The standard InChI is InChI=1S/C16H22F3NO/c1-2-15(11-3-9-14(21)10-4-11)20-13-7-5-12(6-8-13)16(17,18)19/h3-4,9-10,12-13,15,20-21H,2,5-8H2,1H3. The van der Waals surface area contributed by atoms with Gasteiger partial charge in [0.2, 0.25) is 0 Å². The summed E-state index contributed by atoms with van der Waals surface area (Å²) in [7, 11) is 0. The molecule has 0 radical (unpaired) electrons. The average Bonchev–Trinajstić information content (AvgIpc) is 2.45. The van der Waals surface area contributed by atoms with Crippen LogP contribution >= 0.6 is 0 Å². The summed E-state index contributed by atoms with van der Waals surface area (Å²) in [6.07, 6.45) is -1.62. The lowest BCUT2D eigenvalue weighted by atomic mass is 9.85. The second-order valence-electron chi connectivity index (χ2n) is 5.81. The highest BCUT2D eigenvalue weighted by Crippen LogP contribution is 2.38. The smallest absolute Gasteiger partial charge is 0.391 e. The van der Waals surface area contributed by atoms with E-state index in [2.05, 4.69) is 5.32 Å². The van der Waals surface area contributed by atoms with Crippen LogP contribution < -0.4 is 5.32 Å².